The molecule has 2 aromatic carbocycles. The normalized spacial score (nSPS) is 12.7. The average Bonchev–Trinajstić information content (AvgIpc) is 2.53. The molecule has 0 fully saturated rings. The maximum Gasteiger partial charge on any atom is 0.0411 e. The van der Waals surface area contributed by atoms with Gasteiger partial charge in [-0.3, -0.25) is 0 Å². The summed E-state index contributed by atoms with van der Waals surface area (Å²) in [5.41, 5.74) is 11.7. The Bertz CT molecular complexity index is 576. The molecule has 0 heterocycles. The van der Waals surface area contributed by atoms with Crippen molar-refractivity contribution in [1.29, 1.82) is 0 Å². The number of rotatable bonds is 7. The van der Waals surface area contributed by atoms with Crippen molar-refractivity contribution in [2.45, 2.75) is 52.0 Å². The van der Waals surface area contributed by atoms with Crippen LogP contribution in [0.5, 0.6) is 0 Å². The number of hydrogen-bond acceptors (Lipinski definition) is 2. The first-order chi connectivity index (χ1) is 11.0. The SMILES string of the molecule is CC(C)c1cccc(C(C)C)c1NC[C@@H](N)Cc1ccccc1. The summed E-state index contributed by atoms with van der Waals surface area (Å²) in [4.78, 5) is 0. The minimum atomic E-state index is 0.109. The molecule has 3 N–H and O–H groups in total. The Labute approximate surface area is 141 Å². The fourth-order valence-corrected chi connectivity index (χ4v) is 2.98. The van der Waals surface area contributed by atoms with Crippen molar-refractivity contribution in [3.63, 3.8) is 0 Å². The second-order valence-corrected chi connectivity index (χ2v) is 6.95. The summed E-state index contributed by atoms with van der Waals surface area (Å²) < 4.78 is 0. The lowest BCUT2D eigenvalue weighted by molar-refractivity contribution is 0.696. The van der Waals surface area contributed by atoms with Gasteiger partial charge in [0.25, 0.3) is 0 Å². The van der Waals surface area contributed by atoms with E-state index in [0.717, 1.165) is 13.0 Å². The molecule has 23 heavy (non-hydrogen) atoms. The molecule has 0 bridgehead atoms. The average molecular weight is 310 g/mol. The van der Waals surface area contributed by atoms with Crippen molar-refractivity contribution < 1.29 is 0 Å². The molecule has 2 rings (SSSR count). The lowest BCUT2D eigenvalue weighted by Crippen LogP contribution is -2.31. The van der Waals surface area contributed by atoms with Crippen LogP contribution in [0.2, 0.25) is 0 Å². The predicted octanol–water partition coefficient (Wildman–Crippen LogP) is 4.92. The van der Waals surface area contributed by atoms with Crippen molar-refractivity contribution in [3.05, 3.63) is 65.2 Å². The minimum absolute atomic E-state index is 0.109. The van der Waals surface area contributed by atoms with Crippen LogP contribution in [-0.2, 0) is 6.42 Å². The Balaban J connectivity index is 2.10. The highest BCUT2D eigenvalue weighted by molar-refractivity contribution is 5.60. The highest BCUT2D eigenvalue weighted by Crippen LogP contribution is 2.32. The first-order valence-corrected chi connectivity index (χ1v) is 8.65. The lowest BCUT2D eigenvalue weighted by atomic mass is 9.92. The summed E-state index contributed by atoms with van der Waals surface area (Å²) in [7, 11) is 0. The van der Waals surface area contributed by atoms with Crippen LogP contribution in [0.1, 0.15) is 56.2 Å². The Hall–Kier alpha value is -1.80. The van der Waals surface area contributed by atoms with Gasteiger partial charge in [0.15, 0.2) is 0 Å². The molecule has 2 heteroatoms. The number of nitrogens with two attached hydrogens (primary N) is 1. The van der Waals surface area contributed by atoms with E-state index in [9.17, 15) is 0 Å². The summed E-state index contributed by atoms with van der Waals surface area (Å²) in [6, 6.07) is 17.2. The molecule has 0 saturated carbocycles. The van der Waals surface area contributed by atoms with E-state index in [2.05, 4.69) is 75.5 Å². The molecule has 2 nitrogen and oxygen atoms in total. The van der Waals surface area contributed by atoms with Crippen LogP contribution in [0.25, 0.3) is 0 Å². The van der Waals surface area contributed by atoms with Gasteiger partial charge < -0.3 is 11.1 Å². The van der Waals surface area contributed by atoms with Crippen molar-refractivity contribution in [3.8, 4) is 0 Å². The second kappa shape index (κ2) is 8.16. The second-order valence-electron chi connectivity index (χ2n) is 6.95. The fourth-order valence-electron chi connectivity index (χ4n) is 2.98. The standard InChI is InChI=1S/C21H30N2/c1-15(2)19-11-8-12-20(16(3)4)21(19)23-14-18(22)13-17-9-6-5-7-10-17/h5-12,15-16,18,23H,13-14,22H2,1-4H3/t18-/m0/s1. The van der Waals surface area contributed by atoms with E-state index in [-0.39, 0.29) is 6.04 Å². The van der Waals surface area contributed by atoms with Gasteiger partial charge >= 0.3 is 0 Å². The summed E-state index contributed by atoms with van der Waals surface area (Å²) in [6.45, 7) is 9.77. The van der Waals surface area contributed by atoms with Gasteiger partial charge in [-0.05, 0) is 34.9 Å². The van der Waals surface area contributed by atoms with E-state index in [1.54, 1.807) is 0 Å². The predicted molar refractivity (Wildman–Crippen MR) is 101 cm³/mol. The minimum Gasteiger partial charge on any atom is -0.383 e. The number of anilines is 1. The number of benzene rings is 2. The summed E-state index contributed by atoms with van der Waals surface area (Å²) in [5.74, 6) is 1.00. The van der Waals surface area contributed by atoms with Crippen LogP contribution in [0, 0.1) is 0 Å². The quantitative estimate of drug-likeness (QED) is 0.762. The summed E-state index contributed by atoms with van der Waals surface area (Å²) in [6.07, 6.45) is 0.898. The van der Waals surface area contributed by atoms with Gasteiger partial charge in [0.1, 0.15) is 0 Å². The van der Waals surface area contributed by atoms with Crippen LogP contribution >= 0.6 is 0 Å². The molecular weight excluding hydrogens is 280 g/mol. The Morgan fingerprint density at radius 1 is 0.826 bits per heavy atom. The first kappa shape index (κ1) is 17.6. The molecular formula is C21H30N2. The van der Waals surface area contributed by atoms with Gasteiger partial charge in [0, 0.05) is 18.3 Å². The molecule has 0 spiro atoms. The molecule has 0 aromatic heterocycles. The van der Waals surface area contributed by atoms with Gasteiger partial charge in [-0.1, -0.05) is 76.2 Å². The van der Waals surface area contributed by atoms with E-state index in [1.165, 1.54) is 22.4 Å². The van der Waals surface area contributed by atoms with Gasteiger partial charge in [-0.25, -0.2) is 0 Å². The molecule has 0 aliphatic rings. The molecule has 0 radical (unpaired) electrons. The fraction of sp³-hybridized carbons (Fsp3) is 0.429. The summed E-state index contributed by atoms with van der Waals surface area (Å²) in [5, 5.41) is 3.64. The maximum absolute atomic E-state index is 6.34. The number of nitrogens with one attached hydrogen (secondary N) is 1. The molecule has 2 aromatic rings. The Morgan fingerprint density at radius 3 is 1.91 bits per heavy atom. The third-order valence-corrected chi connectivity index (χ3v) is 4.25. The van der Waals surface area contributed by atoms with E-state index in [1.807, 2.05) is 6.07 Å². The van der Waals surface area contributed by atoms with Crippen LogP contribution in [0.3, 0.4) is 0 Å². The number of hydrogen-bond donors (Lipinski definition) is 2. The Kier molecular flexibility index (Phi) is 6.23. The van der Waals surface area contributed by atoms with Crippen molar-refractivity contribution >= 4 is 5.69 Å². The first-order valence-electron chi connectivity index (χ1n) is 8.65. The zero-order valence-electron chi connectivity index (χ0n) is 14.8. The molecule has 1 atom stereocenters. The van der Waals surface area contributed by atoms with E-state index < -0.39 is 0 Å². The molecule has 0 amide bonds. The van der Waals surface area contributed by atoms with Gasteiger partial charge in [-0.2, -0.15) is 0 Å². The van der Waals surface area contributed by atoms with Crippen LogP contribution in [0.4, 0.5) is 5.69 Å². The monoisotopic (exact) mass is 310 g/mol. The summed E-state index contributed by atoms with van der Waals surface area (Å²) >= 11 is 0. The third-order valence-electron chi connectivity index (χ3n) is 4.25. The lowest BCUT2D eigenvalue weighted by Gasteiger charge is -2.22. The number of para-hydroxylation sites is 1. The van der Waals surface area contributed by atoms with E-state index in [4.69, 9.17) is 5.73 Å². The topological polar surface area (TPSA) is 38.0 Å². The van der Waals surface area contributed by atoms with Crippen LogP contribution < -0.4 is 11.1 Å². The molecule has 0 aliphatic heterocycles. The highest BCUT2D eigenvalue weighted by atomic mass is 14.9. The van der Waals surface area contributed by atoms with Crippen molar-refractivity contribution in [2.75, 3.05) is 11.9 Å². The maximum atomic E-state index is 6.34. The van der Waals surface area contributed by atoms with Gasteiger partial charge in [-0.15, -0.1) is 0 Å². The molecule has 124 valence electrons. The molecule has 0 unspecified atom stereocenters. The molecule has 0 saturated heterocycles. The zero-order valence-corrected chi connectivity index (χ0v) is 14.8. The largest absolute Gasteiger partial charge is 0.383 e. The van der Waals surface area contributed by atoms with E-state index in [0.29, 0.717) is 11.8 Å². The zero-order chi connectivity index (χ0) is 16.8. The molecule has 0 aliphatic carbocycles. The van der Waals surface area contributed by atoms with Crippen molar-refractivity contribution in [1.82, 2.24) is 0 Å². The van der Waals surface area contributed by atoms with Crippen LogP contribution in [-0.4, -0.2) is 12.6 Å². The van der Waals surface area contributed by atoms with Gasteiger partial charge in [0.05, 0.1) is 0 Å². The van der Waals surface area contributed by atoms with Gasteiger partial charge in [0.2, 0.25) is 0 Å². The third kappa shape index (κ3) is 4.84. The Morgan fingerprint density at radius 2 is 1.39 bits per heavy atom. The highest BCUT2D eigenvalue weighted by Gasteiger charge is 2.14. The van der Waals surface area contributed by atoms with E-state index >= 15 is 0 Å². The smallest absolute Gasteiger partial charge is 0.0411 e. The van der Waals surface area contributed by atoms with Crippen LogP contribution in [0.15, 0.2) is 48.5 Å². The van der Waals surface area contributed by atoms with Crippen molar-refractivity contribution in [2.24, 2.45) is 5.73 Å².